The number of carbonyl (C=O) groups is 1. The molecule has 1 aromatic rings. The van der Waals surface area contributed by atoms with Gasteiger partial charge in [0.1, 0.15) is 0 Å². The number of rotatable bonds is 4. The van der Waals surface area contributed by atoms with Gasteiger partial charge < -0.3 is 0 Å². The number of benzene rings is 1. The number of phenolic OH excluding ortho intramolecular Hbond substituents is 2. The summed E-state index contributed by atoms with van der Waals surface area (Å²) in [4.78, 5) is 18.7. The Labute approximate surface area is 160 Å². The Morgan fingerprint density at radius 1 is 1.31 bits per heavy atom. The number of morpholine rings is 1. The monoisotopic (exact) mass is 425 g/mol. The fourth-order valence-electron chi connectivity index (χ4n) is 3.17. The summed E-state index contributed by atoms with van der Waals surface area (Å²) >= 11 is 2.98. The van der Waals surface area contributed by atoms with Crippen molar-refractivity contribution in [3.05, 3.63) is 29.5 Å². The van der Waals surface area contributed by atoms with E-state index in [0.717, 1.165) is 31.0 Å². The Morgan fingerprint density at radius 2 is 2.00 bits per heavy atom. The molecule has 140 valence electrons. The van der Waals surface area contributed by atoms with Gasteiger partial charge in [0.15, 0.2) is 0 Å². The van der Waals surface area contributed by atoms with Gasteiger partial charge in [0.2, 0.25) is 0 Å². The third kappa shape index (κ3) is 3.78. The second-order valence-corrected chi connectivity index (χ2v) is 7.29. The van der Waals surface area contributed by atoms with E-state index in [1.807, 2.05) is 7.05 Å². The number of ether oxygens (including phenoxy) is 1. The number of aromatic hydroxyl groups is 2. The fraction of sp³-hybridized carbons (Fsp3) is 0.444. The van der Waals surface area contributed by atoms with Crippen LogP contribution in [0.1, 0.15) is 12.5 Å². The minimum atomic E-state index is -0.117. The van der Waals surface area contributed by atoms with Crippen molar-refractivity contribution in [3.63, 3.8) is 0 Å². The molecule has 3 rings (SSSR count). The molecule has 1 amide bonds. The number of likely N-dealkylation sites (N-methyl/N-ethyl adjacent to an activating group) is 1. The summed E-state index contributed by atoms with van der Waals surface area (Å²) < 4.78 is 6.13. The van der Waals surface area contributed by atoms with Gasteiger partial charge in [-0.05, 0) is 0 Å². The molecule has 26 heavy (non-hydrogen) atoms. The van der Waals surface area contributed by atoms with E-state index in [-0.39, 0.29) is 23.4 Å². The number of carbonyl (C=O) groups excluding carboxylic acids is 1. The first kappa shape index (κ1) is 18.9. The second-order valence-electron chi connectivity index (χ2n) is 6.53. The van der Waals surface area contributed by atoms with Crippen LogP contribution in [0, 0.1) is 0 Å². The van der Waals surface area contributed by atoms with Gasteiger partial charge >= 0.3 is 160 Å². The molecule has 0 aromatic heterocycles. The first-order chi connectivity index (χ1) is 12.4. The first-order valence-electron chi connectivity index (χ1n) is 8.53. The van der Waals surface area contributed by atoms with Crippen molar-refractivity contribution >= 4 is 32.2 Å². The molecule has 7 nitrogen and oxygen atoms in total. The topological polar surface area (TPSA) is 76.5 Å². The maximum absolute atomic E-state index is 12.9. The van der Waals surface area contributed by atoms with E-state index >= 15 is 0 Å². The minimum absolute atomic E-state index is 0.0206. The van der Waals surface area contributed by atoms with E-state index < -0.39 is 0 Å². The molecular formula is C18H23N3O4Se. The van der Waals surface area contributed by atoms with Crippen LogP contribution in [0.15, 0.2) is 23.9 Å². The van der Waals surface area contributed by atoms with Gasteiger partial charge in [-0.25, -0.2) is 0 Å². The average molecular weight is 424 g/mol. The maximum atomic E-state index is 12.9. The molecule has 0 spiro atoms. The Hall–Kier alpha value is -1.86. The van der Waals surface area contributed by atoms with Gasteiger partial charge in [-0.15, -0.1) is 0 Å². The van der Waals surface area contributed by atoms with Crippen molar-refractivity contribution in [2.75, 3.05) is 39.9 Å². The Morgan fingerprint density at radius 3 is 2.65 bits per heavy atom. The van der Waals surface area contributed by atoms with Crippen molar-refractivity contribution < 1.29 is 19.7 Å². The number of amides is 1. The van der Waals surface area contributed by atoms with Gasteiger partial charge in [0.25, 0.3) is 0 Å². The van der Waals surface area contributed by atoms with Crippen molar-refractivity contribution in [2.45, 2.75) is 13.0 Å². The van der Waals surface area contributed by atoms with Crippen LogP contribution in [0.2, 0.25) is 0 Å². The van der Waals surface area contributed by atoms with Crippen LogP contribution in [-0.2, 0) is 9.53 Å². The summed E-state index contributed by atoms with van der Waals surface area (Å²) in [6.45, 7) is 5.86. The van der Waals surface area contributed by atoms with Gasteiger partial charge in [0, 0.05) is 0 Å². The van der Waals surface area contributed by atoms with E-state index in [9.17, 15) is 15.0 Å². The van der Waals surface area contributed by atoms with Gasteiger partial charge in [-0.1, -0.05) is 0 Å². The molecule has 0 saturated carbocycles. The summed E-state index contributed by atoms with van der Waals surface area (Å²) in [5, 5.41) is 19.4. The van der Waals surface area contributed by atoms with Crippen LogP contribution in [-0.4, -0.2) is 97.0 Å². The summed E-state index contributed by atoms with van der Waals surface area (Å²) in [7, 11) is 1.81. The van der Waals surface area contributed by atoms with E-state index in [1.165, 1.54) is 12.1 Å². The summed E-state index contributed by atoms with van der Waals surface area (Å²) in [6.07, 6.45) is 1.63. The molecule has 2 saturated heterocycles. The van der Waals surface area contributed by atoms with E-state index in [0.29, 0.717) is 17.8 Å². The molecule has 1 unspecified atom stereocenters. The van der Waals surface area contributed by atoms with E-state index in [2.05, 4.69) is 27.4 Å². The fourth-order valence-corrected chi connectivity index (χ4v) is 3.71. The summed E-state index contributed by atoms with van der Waals surface area (Å²) in [5.74, 6) is -0.206. The standard InChI is InChI=1S/C18H23N3O4Se/c1-12(20-5-7-25-8-6-20)11-21-17(24)15(19(2)18(21)26)9-13-3-4-14(22)10-16(13)23/h3-4,9-10,12,22-23H,5-8,11H2,1-2H3. The molecule has 8 heteroatoms. The molecule has 2 aliphatic rings. The van der Waals surface area contributed by atoms with Gasteiger partial charge in [-0.3, -0.25) is 0 Å². The molecular weight excluding hydrogens is 401 g/mol. The molecule has 0 bridgehead atoms. The van der Waals surface area contributed by atoms with Crippen LogP contribution in [0.5, 0.6) is 11.5 Å². The van der Waals surface area contributed by atoms with Crippen molar-refractivity contribution in [2.24, 2.45) is 0 Å². The van der Waals surface area contributed by atoms with Crippen LogP contribution in [0.3, 0.4) is 0 Å². The quantitative estimate of drug-likeness (QED) is 0.531. The van der Waals surface area contributed by atoms with Crippen molar-refractivity contribution in [3.8, 4) is 11.5 Å². The molecule has 2 heterocycles. The third-order valence-corrected chi connectivity index (χ3v) is 5.80. The molecule has 2 aliphatic heterocycles. The van der Waals surface area contributed by atoms with E-state index in [4.69, 9.17) is 4.74 Å². The number of phenols is 2. The molecule has 2 fully saturated rings. The molecule has 0 radical (unpaired) electrons. The molecule has 1 aromatic carbocycles. The molecule has 1 atom stereocenters. The van der Waals surface area contributed by atoms with Crippen molar-refractivity contribution in [1.29, 1.82) is 0 Å². The zero-order valence-corrected chi connectivity index (χ0v) is 16.6. The molecule has 2 N–H and O–H groups in total. The predicted octanol–water partition coefficient (Wildman–Crippen LogP) is 0.189. The van der Waals surface area contributed by atoms with Crippen LogP contribution >= 0.6 is 0 Å². The zero-order valence-electron chi connectivity index (χ0n) is 14.9. The summed E-state index contributed by atoms with van der Waals surface area (Å²) in [5.41, 5.74) is 0.947. The normalized spacial score (nSPS) is 21.7. The van der Waals surface area contributed by atoms with Crippen molar-refractivity contribution in [1.82, 2.24) is 14.7 Å². The van der Waals surface area contributed by atoms with E-state index in [1.54, 1.807) is 21.9 Å². The Balaban J connectivity index is 1.78. The first-order valence-corrected chi connectivity index (χ1v) is 9.39. The number of hydrogen-bond donors (Lipinski definition) is 2. The molecule has 0 aliphatic carbocycles. The third-order valence-electron chi connectivity index (χ3n) is 4.77. The second kappa shape index (κ2) is 7.80. The zero-order chi connectivity index (χ0) is 18.8. The average Bonchev–Trinajstić information content (AvgIpc) is 2.82. The number of hydrogen-bond acceptors (Lipinski definition) is 6. The van der Waals surface area contributed by atoms with Crippen LogP contribution in [0.4, 0.5) is 0 Å². The number of nitrogens with zero attached hydrogens (tertiary/aromatic N) is 3. The van der Waals surface area contributed by atoms with Gasteiger partial charge in [0.05, 0.1) is 0 Å². The summed E-state index contributed by atoms with van der Waals surface area (Å²) in [6, 6.07) is 4.52. The predicted molar refractivity (Wildman–Crippen MR) is 99.8 cm³/mol. The van der Waals surface area contributed by atoms with Crippen LogP contribution < -0.4 is 0 Å². The Bertz CT molecular complexity index is 746. The SMILES string of the molecule is CC(CN1C(=O)C(=Cc2ccc(O)cc2O)N(C)C1=[Se])N1CCOCC1. The Kier molecular flexibility index (Phi) is 5.67. The van der Waals surface area contributed by atoms with Crippen LogP contribution in [0.25, 0.3) is 6.08 Å². The van der Waals surface area contributed by atoms with Gasteiger partial charge in [-0.2, -0.15) is 0 Å².